The van der Waals surface area contributed by atoms with Crippen LogP contribution < -0.4 is 5.32 Å². The van der Waals surface area contributed by atoms with Crippen LogP contribution in [0.25, 0.3) is 0 Å². The van der Waals surface area contributed by atoms with Gasteiger partial charge in [0.1, 0.15) is 0 Å². The molecule has 0 radical (unpaired) electrons. The molecule has 1 atom stereocenters. The van der Waals surface area contributed by atoms with Crippen LogP contribution >= 0.6 is 0 Å². The number of nitrogens with one attached hydrogen (secondary N) is 1. The maximum Gasteiger partial charge on any atom is 0.159 e. The van der Waals surface area contributed by atoms with E-state index in [4.69, 9.17) is 0 Å². The molecule has 1 aromatic carbocycles. The third-order valence-corrected chi connectivity index (χ3v) is 2.03. The Hall–Kier alpha value is -0.960. The van der Waals surface area contributed by atoms with E-state index < -0.39 is 11.6 Å². The Morgan fingerprint density at radius 2 is 1.71 bits per heavy atom. The molecule has 1 unspecified atom stereocenters. The minimum atomic E-state index is -0.800. The first-order valence-electron chi connectivity index (χ1n) is 4.71. The summed E-state index contributed by atoms with van der Waals surface area (Å²) in [6.45, 7) is 5.94. The summed E-state index contributed by atoms with van der Waals surface area (Å²) >= 11 is 0. The van der Waals surface area contributed by atoms with E-state index in [1.165, 1.54) is 6.07 Å². The highest BCUT2D eigenvalue weighted by Crippen LogP contribution is 2.16. The van der Waals surface area contributed by atoms with E-state index in [0.29, 0.717) is 6.04 Å². The number of hydrogen-bond donors (Lipinski definition) is 1. The average molecular weight is 199 g/mol. The largest absolute Gasteiger partial charge is 0.308 e. The van der Waals surface area contributed by atoms with Crippen molar-refractivity contribution in [2.45, 2.75) is 32.9 Å². The number of rotatable bonds is 3. The van der Waals surface area contributed by atoms with Gasteiger partial charge in [0.2, 0.25) is 0 Å². The van der Waals surface area contributed by atoms with Crippen molar-refractivity contribution in [3.05, 3.63) is 35.4 Å². The quantitative estimate of drug-likeness (QED) is 0.789. The average Bonchev–Trinajstić information content (AvgIpc) is 2.08. The summed E-state index contributed by atoms with van der Waals surface area (Å²) in [6.07, 6.45) is 0. The third-order valence-electron chi connectivity index (χ3n) is 2.03. The summed E-state index contributed by atoms with van der Waals surface area (Å²) in [6, 6.07) is 4.33. The standard InChI is InChI=1S/C11H15F2N/c1-7(2)14-8(3)9-4-5-10(12)11(13)6-9/h4-8,14H,1-3H3. The van der Waals surface area contributed by atoms with Gasteiger partial charge in [-0.05, 0) is 24.6 Å². The molecule has 14 heavy (non-hydrogen) atoms. The lowest BCUT2D eigenvalue weighted by Gasteiger charge is -2.17. The lowest BCUT2D eigenvalue weighted by atomic mass is 10.1. The molecule has 0 aromatic heterocycles. The van der Waals surface area contributed by atoms with Crippen molar-refractivity contribution in [3.8, 4) is 0 Å². The fourth-order valence-corrected chi connectivity index (χ4v) is 1.38. The van der Waals surface area contributed by atoms with E-state index in [1.807, 2.05) is 20.8 Å². The van der Waals surface area contributed by atoms with Crippen LogP contribution in [0.15, 0.2) is 18.2 Å². The van der Waals surface area contributed by atoms with Crippen LogP contribution in [0.4, 0.5) is 8.78 Å². The van der Waals surface area contributed by atoms with Gasteiger partial charge >= 0.3 is 0 Å². The van der Waals surface area contributed by atoms with E-state index >= 15 is 0 Å². The molecule has 0 fully saturated rings. The van der Waals surface area contributed by atoms with Crippen LogP contribution in [-0.4, -0.2) is 6.04 Å². The predicted molar refractivity (Wildman–Crippen MR) is 53.0 cm³/mol. The summed E-state index contributed by atoms with van der Waals surface area (Å²) < 4.78 is 25.5. The van der Waals surface area contributed by atoms with Crippen molar-refractivity contribution in [2.24, 2.45) is 0 Å². The van der Waals surface area contributed by atoms with Crippen LogP contribution in [0.5, 0.6) is 0 Å². The molecule has 0 aliphatic heterocycles. The fourth-order valence-electron chi connectivity index (χ4n) is 1.38. The molecule has 1 rings (SSSR count). The molecule has 0 saturated heterocycles. The SMILES string of the molecule is CC(C)NC(C)c1ccc(F)c(F)c1. The maximum absolute atomic E-state index is 12.9. The Morgan fingerprint density at radius 1 is 1.07 bits per heavy atom. The lowest BCUT2D eigenvalue weighted by molar-refractivity contribution is 0.486. The second-order valence-electron chi connectivity index (χ2n) is 3.72. The molecule has 0 heterocycles. The molecule has 3 heteroatoms. The lowest BCUT2D eigenvalue weighted by Crippen LogP contribution is -2.26. The van der Waals surface area contributed by atoms with Gasteiger partial charge in [0.25, 0.3) is 0 Å². The minimum absolute atomic E-state index is 0.0325. The molecule has 0 bridgehead atoms. The predicted octanol–water partition coefficient (Wildman–Crippen LogP) is 3.02. The van der Waals surface area contributed by atoms with Crippen molar-refractivity contribution in [1.82, 2.24) is 5.32 Å². The molecular formula is C11H15F2N. The molecule has 0 amide bonds. The molecule has 1 N–H and O–H groups in total. The van der Waals surface area contributed by atoms with Gasteiger partial charge in [-0.15, -0.1) is 0 Å². The first-order chi connectivity index (χ1) is 6.50. The van der Waals surface area contributed by atoms with Crippen LogP contribution in [-0.2, 0) is 0 Å². The van der Waals surface area contributed by atoms with Crippen LogP contribution in [0.1, 0.15) is 32.4 Å². The Balaban J connectivity index is 2.80. The Labute approximate surface area is 83.1 Å². The molecular weight excluding hydrogens is 184 g/mol. The second-order valence-corrected chi connectivity index (χ2v) is 3.72. The van der Waals surface area contributed by atoms with Gasteiger partial charge in [-0.3, -0.25) is 0 Å². The highest BCUT2D eigenvalue weighted by atomic mass is 19.2. The zero-order valence-electron chi connectivity index (χ0n) is 8.64. The molecule has 78 valence electrons. The topological polar surface area (TPSA) is 12.0 Å². The van der Waals surface area contributed by atoms with Crippen molar-refractivity contribution < 1.29 is 8.78 Å². The highest BCUT2D eigenvalue weighted by molar-refractivity contribution is 5.20. The monoisotopic (exact) mass is 199 g/mol. The maximum atomic E-state index is 12.9. The summed E-state index contributed by atoms with van der Waals surface area (Å²) in [5, 5.41) is 3.22. The summed E-state index contributed by atoms with van der Waals surface area (Å²) in [5.74, 6) is -1.59. The van der Waals surface area contributed by atoms with Crippen molar-refractivity contribution in [1.29, 1.82) is 0 Å². The van der Waals surface area contributed by atoms with Crippen molar-refractivity contribution in [3.63, 3.8) is 0 Å². The Morgan fingerprint density at radius 3 is 2.21 bits per heavy atom. The molecule has 1 nitrogen and oxygen atoms in total. The molecule has 1 aromatic rings. The zero-order chi connectivity index (χ0) is 10.7. The van der Waals surface area contributed by atoms with E-state index in [9.17, 15) is 8.78 Å². The van der Waals surface area contributed by atoms with Gasteiger partial charge < -0.3 is 5.32 Å². The smallest absolute Gasteiger partial charge is 0.159 e. The van der Waals surface area contributed by atoms with E-state index in [0.717, 1.165) is 11.6 Å². The summed E-state index contributed by atoms with van der Waals surface area (Å²) in [4.78, 5) is 0. The van der Waals surface area contributed by atoms with Crippen LogP contribution in [0, 0.1) is 11.6 Å². The first-order valence-corrected chi connectivity index (χ1v) is 4.71. The van der Waals surface area contributed by atoms with E-state index in [2.05, 4.69) is 5.32 Å². The molecule has 0 spiro atoms. The van der Waals surface area contributed by atoms with Gasteiger partial charge in [-0.25, -0.2) is 8.78 Å². The van der Waals surface area contributed by atoms with Gasteiger partial charge in [0.05, 0.1) is 0 Å². The second kappa shape index (κ2) is 4.51. The normalized spacial score (nSPS) is 13.3. The van der Waals surface area contributed by atoms with Crippen LogP contribution in [0.3, 0.4) is 0 Å². The first kappa shape index (κ1) is 11.1. The van der Waals surface area contributed by atoms with E-state index in [-0.39, 0.29) is 6.04 Å². The molecule has 0 saturated carbocycles. The van der Waals surface area contributed by atoms with Crippen LogP contribution in [0.2, 0.25) is 0 Å². The zero-order valence-corrected chi connectivity index (χ0v) is 8.64. The molecule has 0 aliphatic carbocycles. The summed E-state index contributed by atoms with van der Waals surface area (Å²) in [5.41, 5.74) is 0.762. The highest BCUT2D eigenvalue weighted by Gasteiger charge is 2.09. The Bertz CT molecular complexity index is 310. The van der Waals surface area contributed by atoms with E-state index in [1.54, 1.807) is 6.07 Å². The van der Waals surface area contributed by atoms with Gasteiger partial charge in [-0.1, -0.05) is 19.9 Å². The fraction of sp³-hybridized carbons (Fsp3) is 0.455. The minimum Gasteiger partial charge on any atom is -0.308 e. The van der Waals surface area contributed by atoms with Gasteiger partial charge in [-0.2, -0.15) is 0 Å². The number of benzene rings is 1. The van der Waals surface area contributed by atoms with Crippen molar-refractivity contribution >= 4 is 0 Å². The summed E-state index contributed by atoms with van der Waals surface area (Å²) in [7, 11) is 0. The number of hydrogen-bond acceptors (Lipinski definition) is 1. The third kappa shape index (κ3) is 2.77. The Kier molecular flexibility index (Phi) is 3.58. The van der Waals surface area contributed by atoms with Gasteiger partial charge in [0.15, 0.2) is 11.6 Å². The van der Waals surface area contributed by atoms with Crippen molar-refractivity contribution in [2.75, 3.05) is 0 Å². The number of halogens is 2. The van der Waals surface area contributed by atoms with Gasteiger partial charge in [0, 0.05) is 12.1 Å². The molecule has 0 aliphatic rings.